The number of aliphatic hydroxyl groups is 1. The third kappa shape index (κ3) is 3.45. The largest absolute Gasteiger partial charge is 0.391 e. The Hall–Kier alpha value is -1.69. The topological polar surface area (TPSA) is 84.2 Å². The van der Waals surface area contributed by atoms with Crippen molar-refractivity contribution in [2.24, 2.45) is 0 Å². The van der Waals surface area contributed by atoms with E-state index in [1.165, 1.54) is 16.8 Å². The van der Waals surface area contributed by atoms with Crippen molar-refractivity contribution < 1.29 is 9.90 Å². The molecule has 0 radical (unpaired) electrons. The van der Waals surface area contributed by atoms with Gasteiger partial charge in [-0.15, -0.1) is 0 Å². The second-order valence-electron chi connectivity index (χ2n) is 5.21. The molecule has 1 aliphatic carbocycles. The summed E-state index contributed by atoms with van der Waals surface area (Å²) in [6, 6.07) is 2.57. The van der Waals surface area contributed by atoms with Gasteiger partial charge in [-0.2, -0.15) is 5.10 Å². The number of carbonyl (C=O) groups is 1. The molecule has 0 unspecified atom stereocenters. The van der Waals surface area contributed by atoms with Crippen molar-refractivity contribution in [2.45, 2.75) is 57.7 Å². The van der Waals surface area contributed by atoms with Gasteiger partial charge in [0.15, 0.2) is 0 Å². The summed E-state index contributed by atoms with van der Waals surface area (Å²) in [6.45, 7) is 2.44. The highest BCUT2D eigenvalue weighted by molar-refractivity contribution is 5.92. The molecule has 6 heteroatoms. The molecule has 0 aromatic carbocycles. The Kier molecular flexibility index (Phi) is 4.89. The molecule has 1 saturated carbocycles. The first kappa shape index (κ1) is 14.7. The summed E-state index contributed by atoms with van der Waals surface area (Å²) in [7, 11) is 0. The second kappa shape index (κ2) is 6.65. The molecule has 110 valence electrons. The van der Waals surface area contributed by atoms with Gasteiger partial charge in [0.25, 0.3) is 11.5 Å². The van der Waals surface area contributed by atoms with Crippen LogP contribution in [-0.4, -0.2) is 32.9 Å². The Bertz CT molecular complexity index is 527. The highest BCUT2D eigenvalue weighted by atomic mass is 16.3. The van der Waals surface area contributed by atoms with Gasteiger partial charge in [-0.05, 0) is 25.3 Å². The van der Waals surface area contributed by atoms with Crippen LogP contribution in [0.25, 0.3) is 0 Å². The third-order valence-corrected chi connectivity index (χ3v) is 3.58. The van der Waals surface area contributed by atoms with Gasteiger partial charge in [0, 0.05) is 12.6 Å². The Labute approximate surface area is 117 Å². The van der Waals surface area contributed by atoms with Crippen molar-refractivity contribution in [3.63, 3.8) is 0 Å². The number of rotatable bonds is 4. The normalized spacial score (nSPS) is 22.5. The number of hydrogen-bond donors (Lipinski definition) is 2. The lowest BCUT2D eigenvalue weighted by Crippen LogP contribution is -2.45. The summed E-state index contributed by atoms with van der Waals surface area (Å²) in [6.07, 6.45) is 3.78. The SMILES string of the molecule is CCCn1nc(C(=O)N[C@@H]2CCCC[C@H]2O)ccc1=O. The lowest BCUT2D eigenvalue weighted by molar-refractivity contribution is 0.0712. The molecule has 0 spiro atoms. The molecule has 0 bridgehead atoms. The first-order chi connectivity index (χ1) is 9.61. The number of nitrogens with one attached hydrogen (secondary N) is 1. The van der Waals surface area contributed by atoms with Crippen molar-refractivity contribution in [3.05, 3.63) is 28.2 Å². The summed E-state index contributed by atoms with van der Waals surface area (Å²) in [4.78, 5) is 23.7. The van der Waals surface area contributed by atoms with Crippen molar-refractivity contribution >= 4 is 5.91 Å². The van der Waals surface area contributed by atoms with Crippen LogP contribution in [0.2, 0.25) is 0 Å². The van der Waals surface area contributed by atoms with Gasteiger partial charge in [0.05, 0.1) is 12.1 Å². The van der Waals surface area contributed by atoms with Gasteiger partial charge in [0.1, 0.15) is 5.69 Å². The maximum Gasteiger partial charge on any atom is 0.272 e. The minimum Gasteiger partial charge on any atom is -0.391 e. The minimum atomic E-state index is -0.491. The van der Waals surface area contributed by atoms with Crippen molar-refractivity contribution in [1.82, 2.24) is 15.1 Å². The Balaban J connectivity index is 2.08. The fourth-order valence-corrected chi connectivity index (χ4v) is 2.46. The molecule has 2 atom stereocenters. The maximum absolute atomic E-state index is 12.1. The van der Waals surface area contributed by atoms with E-state index in [9.17, 15) is 14.7 Å². The van der Waals surface area contributed by atoms with Crippen molar-refractivity contribution in [2.75, 3.05) is 0 Å². The van der Waals surface area contributed by atoms with Gasteiger partial charge in [0.2, 0.25) is 0 Å². The summed E-state index contributed by atoms with van der Waals surface area (Å²) in [5, 5.41) is 16.7. The zero-order chi connectivity index (χ0) is 14.5. The number of nitrogens with zero attached hydrogens (tertiary/aromatic N) is 2. The summed E-state index contributed by atoms with van der Waals surface area (Å²) >= 11 is 0. The molecule has 0 aliphatic heterocycles. The fraction of sp³-hybridized carbons (Fsp3) is 0.643. The number of aromatic nitrogens is 2. The number of hydrogen-bond acceptors (Lipinski definition) is 4. The van der Waals surface area contributed by atoms with Gasteiger partial charge >= 0.3 is 0 Å². The second-order valence-corrected chi connectivity index (χ2v) is 5.21. The van der Waals surface area contributed by atoms with E-state index in [0.29, 0.717) is 13.0 Å². The highest BCUT2D eigenvalue weighted by Gasteiger charge is 2.25. The van der Waals surface area contributed by atoms with E-state index < -0.39 is 6.10 Å². The zero-order valence-corrected chi connectivity index (χ0v) is 11.7. The van der Waals surface area contributed by atoms with Gasteiger partial charge in [-0.25, -0.2) is 4.68 Å². The third-order valence-electron chi connectivity index (χ3n) is 3.58. The molecule has 6 nitrogen and oxygen atoms in total. The van der Waals surface area contributed by atoms with Crippen LogP contribution in [0.5, 0.6) is 0 Å². The van der Waals surface area contributed by atoms with E-state index in [1.54, 1.807) is 0 Å². The maximum atomic E-state index is 12.1. The van der Waals surface area contributed by atoms with Crippen LogP contribution in [0.1, 0.15) is 49.5 Å². The monoisotopic (exact) mass is 279 g/mol. The van der Waals surface area contributed by atoms with Gasteiger partial charge in [-0.1, -0.05) is 19.8 Å². The molecule has 2 N–H and O–H groups in total. The van der Waals surface area contributed by atoms with Crippen LogP contribution < -0.4 is 10.9 Å². The Morgan fingerprint density at radius 2 is 2.20 bits per heavy atom. The summed E-state index contributed by atoms with van der Waals surface area (Å²) in [5.74, 6) is -0.333. The van der Waals surface area contributed by atoms with E-state index in [1.807, 2.05) is 6.92 Å². The van der Waals surface area contributed by atoms with Gasteiger partial charge < -0.3 is 10.4 Å². The summed E-state index contributed by atoms with van der Waals surface area (Å²) < 4.78 is 1.30. The van der Waals surface area contributed by atoms with E-state index in [4.69, 9.17) is 0 Å². The quantitative estimate of drug-likeness (QED) is 0.849. The van der Waals surface area contributed by atoms with Crippen LogP contribution in [-0.2, 0) is 6.54 Å². The molecule has 0 saturated heterocycles. The van der Waals surface area contributed by atoms with Crippen LogP contribution in [0, 0.1) is 0 Å². The first-order valence-corrected chi connectivity index (χ1v) is 7.19. The van der Waals surface area contributed by atoms with Crippen LogP contribution in [0.3, 0.4) is 0 Å². The molecular weight excluding hydrogens is 258 g/mol. The first-order valence-electron chi connectivity index (χ1n) is 7.19. The van der Waals surface area contributed by atoms with Crippen LogP contribution in [0.15, 0.2) is 16.9 Å². The zero-order valence-electron chi connectivity index (χ0n) is 11.7. The predicted octanol–water partition coefficient (Wildman–Crippen LogP) is 0.687. The number of amides is 1. The molecule has 1 heterocycles. The van der Waals surface area contributed by atoms with Crippen molar-refractivity contribution in [3.8, 4) is 0 Å². The Morgan fingerprint density at radius 1 is 1.45 bits per heavy atom. The average Bonchev–Trinajstić information content (AvgIpc) is 2.44. The molecule has 1 aromatic heterocycles. The van der Waals surface area contributed by atoms with Crippen LogP contribution >= 0.6 is 0 Å². The number of aryl methyl sites for hydroxylation is 1. The molecule has 1 amide bonds. The van der Waals surface area contributed by atoms with E-state index in [-0.39, 0.29) is 23.2 Å². The molecule has 1 aromatic rings. The summed E-state index contributed by atoms with van der Waals surface area (Å²) in [5.41, 5.74) is 0.0110. The van der Waals surface area contributed by atoms with E-state index in [2.05, 4.69) is 10.4 Å². The standard InChI is InChI=1S/C14H21N3O3/c1-2-9-17-13(19)8-7-11(16-17)14(20)15-10-5-3-4-6-12(10)18/h7-8,10,12,18H,2-6,9H2,1H3,(H,15,20)/t10-,12-/m1/s1. The highest BCUT2D eigenvalue weighted by Crippen LogP contribution is 2.18. The molecular formula is C14H21N3O3. The van der Waals surface area contributed by atoms with E-state index in [0.717, 1.165) is 25.7 Å². The Morgan fingerprint density at radius 3 is 2.90 bits per heavy atom. The van der Waals surface area contributed by atoms with E-state index >= 15 is 0 Å². The molecule has 20 heavy (non-hydrogen) atoms. The minimum absolute atomic E-state index is 0.207. The fourth-order valence-electron chi connectivity index (χ4n) is 2.46. The molecule has 1 fully saturated rings. The number of aliphatic hydroxyl groups excluding tert-OH is 1. The lowest BCUT2D eigenvalue weighted by Gasteiger charge is -2.28. The molecule has 1 aliphatic rings. The molecule has 2 rings (SSSR count). The predicted molar refractivity (Wildman–Crippen MR) is 74.5 cm³/mol. The van der Waals surface area contributed by atoms with Crippen LogP contribution in [0.4, 0.5) is 0 Å². The smallest absolute Gasteiger partial charge is 0.272 e. The average molecular weight is 279 g/mol. The number of carbonyl (C=O) groups excluding carboxylic acids is 1. The van der Waals surface area contributed by atoms with Crippen molar-refractivity contribution in [1.29, 1.82) is 0 Å². The van der Waals surface area contributed by atoms with Gasteiger partial charge in [-0.3, -0.25) is 9.59 Å². The lowest BCUT2D eigenvalue weighted by atomic mass is 9.92.